The summed E-state index contributed by atoms with van der Waals surface area (Å²) in [4.78, 5) is 18.0. The second kappa shape index (κ2) is 12.3. The normalized spacial score (nSPS) is 10.6. The van der Waals surface area contributed by atoms with Gasteiger partial charge in [0.25, 0.3) is 5.56 Å². The number of ether oxygens (including phenoxy) is 4. The highest BCUT2D eigenvalue weighted by Crippen LogP contribution is 2.31. The molecule has 0 spiro atoms. The average molecular weight is 534 g/mol. The van der Waals surface area contributed by atoms with E-state index in [2.05, 4.69) is 10.3 Å². The van der Waals surface area contributed by atoms with Crippen molar-refractivity contribution in [1.29, 1.82) is 0 Å². The zero-order valence-electron chi connectivity index (χ0n) is 21.9. The number of aromatic nitrogens is 1. The zero-order chi connectivity index (χ0) is 27.1. The summed E-state index contributed by atoms with van der Waals surface area (Å²) >= 11 is 5.81. The monoisotopic (exact) mass is 533 g/mol. The summed E-state index contributed by atoms with van der Waals surface area (Å²) in [5.74, 6) is 2.69. The van der Waals surface area contributed by atoms with Gasteiger partial charge in [-0.1, -0.05) is 12.1 Å². The van der Waals surface area contributed by atoms with E-state index in [1.54, 1.807) is 27.4 Å². The molecular weight excluding hydrogens is 502 g/mol. The number of hydrogen-bond donors (Lipinski definition) is 2. The Kier molecular flexibility index (Phi) is 8.70. The van der Waals surface area contributed by atoms with Gasteiger partial charge >= 0.3 is 0 Å². The lowest BCUT2D eigenvalue weighted by molar-refractivity contribution is 0.340. The number of benzene rings is 3. The van der Waals surface area contributed by atoms with Gasteiger partial charge in [0.15, 0.2) is 16.6 Å². The fourth-order valence-electron chi connectivity index (χ4n) is 4.06. The smallest absolute Gasteiger partial charge is 0.253 e. The molecular formula is C29H31N3O5S. The van der Waals surface area contributed by atoms with Gasteiger partial charge in [-0.25, -0.2) is 0 Å². The number of methoxy groups -OCH3 is 3. The molecule has 0 saturated carbocycles. The number of anilines is 1. The number of thiocarbonyl (C=S) groups is 1. The molecule has 0 aliphatic carbocycles. The second-order valence-corrected chi connectivity index (χ2v) is 8.90. The van der Waals surface area contributed by atoms with Crippen LogP contribution in [0.3, 0.4) is 0 Å². The molecule has 0 aliphatic rings. The third kappa shape index (κ3) is 6.36. The molecule has 8 nitrogen and oxygen atoms in total. The van der Waals surface area contributed by atoms with Crippen molar-refractivity contribution in [2.45, 2.75) is 20.0 Å². The van der Waals surface area contributed by atoms with Gasteiger partial charge in [0.2, 0.25) is 0 Å². The predicted molar refractivity (Wildman–Crippen MR) is 154 cm³/mol. The lowest BCUT2D eigenvalue weighted by Gasteiger charge is -2.26. The summed E-state index contributed by atoms with van der Waals surface area (Å²) in [7, 11) is 4.77. The van der Waals surface area contributed by atoms with Crippen LogP contribution in [0.25, 0.3) is 10.9 Å². The molecule has 0 fully saturated rings. The first-order chi connectivity index (χ1) is 18.4. The first-order valence-electron chi connectivity index (χ1n) is 12.1. The van der Waals surface area contributed by atoms with Crippen LogP contribution in [-0.4, -0.2) is 42.9 Å². The first-order valence-corrected chi connectivity index (χ1v) is 12.5. The van der Waals surface area contributed by atoms with Gasteiger partial charge in [-0.3, -0.25) is 4.79 Å². The van der Waals surface area contributed by atoms with Crippen molar-refractivity contribution >= 4 is 33.9 Å². The van der Waals surface area contributed by atoms with E-state index in [-0.39, 0.29) is 12.1 Å². The quantitative estimate of drug-likeness (QED) is 0.264. The summed E-state index contributed by atoms with van der Waals surface area (Å²) in [5, 5.41) is 4.60. The molecule has 38 heavy (non-hydrogen) atoms. The van der Waals surface area contributed by atoms with Crippen molar-refractivity contribution in [3.05, 3.63) is 88.2 Å². The van der Waals surface area contributed by atoms with Crippen LogP contribution >= 0.6 is 12.2 Å². The summed E-state index contributed by atoms with van der Waals surface area (Å²) in [6.45, 7) is 3.31. The molecule has 0 radical (unpaired) electrons. The summed E-state index contributed by atoms with van der Waals surface area (Å²) in [6, 6.07) is 20.8. The maximum absolute atomic E-state index is 13.1. The Morgan fingerprint density at radius 2 is 1.53 bits per heavy atom. The van der Waals surface area contributed by atoms with Crippen molar-refractivity contribution in [3.8, 4) is 23.0 Å². The minimum atomic E-state index is -0.201. The van der Waals surface area contributed by atoms with Crippen LogP contribution in [0.4, 0.5) is 5.69 Å². The Labute approximate surface area is 227 Å². The minimum absolute atomic E-state index is 0.201. The molecule has 0 saturated heterocycles. The number of aromatic amines is 1. The van der Waals surface area contributed by atoms with E-state index in [1.165, 1.54) is 0 Å². The standard InChI is InChI=1S/C29H31N3O5S/c1-5-37-24-12-8-22(9-13-24)30-29(38)32(17-19-6-10-23(34-2)11-7-19)18-21-14-20-15-26(35-3)27(36-4)16-25(20)31-28(21)33/h6-16H,5,17-18H2,1-4H3,(H,30,38)(H,31,33). The van der Waals surface area contributed by atoms with E-state index in [9.17, 15) is 4.79 Å². The van der Waals surface area contributed by atoms with E-state index < -0.39 is 0 Å². The lowest BCUT2D eigenvalue weighted by Crippen LogP contribution is -2.35. The largest absolute Gasteiger partial charge is 0.497 e. The number of pyridine rings is 1. The summed E-state index contributed by atoms with van der Waals surface area (Å²) in [6.07, 6.45) is 0. The molecule has 0 bridgehead atoms. The van der Waals surface area contributed by atoms with Crippen LogP contribution in [-0.2, 0) is 13.1 Å². The topological polar surface area (TPSA) is 85.1 Å². The fraction of sp³-hybridized carbons (Fsp3) is 0.241. The highest BCUT2D eigenvalue weighted by atomic mass is 32.1. The third-order valence-electron chi connectivity index (χ3n) is 6.02. The van der Waals surface area contributed by atoms with Crippen molar-refractivity contribution in [3.63, 3.8) is 0 Å². The maximum atomic E-state index is 13.1. The van der Waals surface area contributed by atoms with Gasteiger partial charge in [0.05, 0.1) is 40.0 Å². The average Bonchev–Trinajstić information content (AvgIpc) is 2.93. The SMILES string of the molecule is CCOc1ccc(NC(=S)N(Cc2ccc(OC)cc2)Cc2cc3cc(OC)c(OC)cc3[nH]c2=O)cc1. The highest BCUT2D eigenvalue weighted by Gasteiger charge is 2.16. The highest BCUT2D eigenvalue weighted by molar-refractivity contribution is 7.80. The molecule has 4 rings (SSSR count). The molecule has 1 heterocycles. The van der Waals surface area contributed by atoms with Crippen LogP contribution in [0.2, 0.25) is 0 Å². The number of H-pyrrole nitrogens is 1. The minimum Gasteiger partial charge on any atom is -0.497 e. The Morgan fingerprint density at radius 3 is 2.16 bits per heavy atom. The second-order valence-electron chi connectivity index (χ2n) is 8.51. The zero-order valence-corrected chi connectivity index (χ0v) is 22.7. The Hall–Kier alpha value is -4.24. The van der Waals surface area contributed by atoms with Crippen molar-refractivity contribution in [1.82, 2.24) is 9.88 Å². The Morgan fingerprint density at radius 1 is 0.868 bits per heavy atom. The first kappa shape index (κ1) is 26.8. The Bertz CT molecular complexity index is 1450. The lowest BCUT2D eigenvalue weighted by atomic mass is 10.1. The Balaban J connectivity index is 1.64. The molecule has 0 unspecified atom stereocenters. The van der Waals surface area contributed by atoms with Crippen LogP contribution in [0, 0.1) is 0 Å². The van der Waals surface area contributed by atoms with E-state index in [0.29, 0.717) is 40.8 Å². The van der Waals surface area contributed by atoms with Crippen LogP contribution < -0.4 is 29.8 Å². The van der Waals surface area contributed by atoms with Gasteiger partial charge in [-0.05, 0) is 73.2 Å². The molecule has 198 valence electrons. The van der Waals surface area contributed by atoms with Gasteiger partial charge in [0.1, 0.15) is 11.5 Å². The van der Waals surface area contributed by atoms with Crippen molar-refractivity contribution in [2.75, 3.05) is 33.3 Å². The fourth-order valence-corrected chi connectivity index (χ4v) is 4.30. The summed E-state index contributed by atoms with van der Waals surface area (Å²) < 4.78 is 21.6. The van der Waals surface area contributed by atoms with Gasteiger partial charge in [-0.15, -0.1) is 0 Å². The molecule has 0 amide bonds. The van der Waals surface area contributed by atoms with E-state index in [0.717, 1.165) is 28.1 Å². The van der Waals surface area contributed by atoms with E-state index >= 15 is 0 Å². The molecule has 1 aromatic heterocycles. The number of fused-ring (bicyclic) bond motifs is 1. The maximum Gasteiger partial charge on any atom is 0.253 e. The number of nitrogens with one attached hydrogen (secondary N) is 2. The van der Waals surface area contributed by atoms with Gasteiger partial charge < -0.3 is 34.1 Å². The van der Waals surface area contributed by atoms with Crippen LogP contribution in [0.15, 0.2) is 71.5 Å². The van der Waals surface area contributed by atoms with Crippen molar-refractivity contribution < 1.29 is 18.9 Å². The molecule has 2 N–H and O–H groups in total. The molecule has 0 atom stereocenters. The predicted octanol–water partition coefficient (Wildman–Crippen LogP) is 5.35. The molecule has 3 aromatic carbocycles. The van der Waals surface area contributed by atoms with Gasteiger partial charge in [0, 0.05) is 29.2 Å². The number of nitrogens with zero attached hydrogens (tertiary/aromatic N) is 1. The molecule has 0 aliphatic heterocycles. The van der Waals surface area contributed by atoms with Crippen molar-refractivity contribution in [2.24, 2.45) is 0 Å². The molecule has 9 heteroatoms. The van der Waals surface area contributed by atoms with E-state index in [4.69, 9.17) is 31.2 Å². The molecule has 4 aromatic rings. The number of rotatable bonds is 10. The number of hydrogen-bond acceptors (Lipinski definition) is 6. The van der Waals surface area contributed by atoms with Crippen LogP contribution in [0.1, 0.15) is 18.1 Å². The summed E-state index contributed by atoms with van der Waals surface area (Å²) in [5.41, 5.74) is 2.86. The van der Waals surface area contributed by atoms with E-state index in [1.807, 2.05) is 72.5 Å². The third-order valence-corrected chi connectivity index (χ3v) is 6.38. The van der Waals surface area contributed by atoms with Gasteiger partial charge in [-0.2, -0.15) is 0 Å². The van der Waals surface area contributed by atoms with Crippen LogP contribution in [0.5, 0.6) is 23.0 Å².